The molecule has 0 amide bonds. The van der Waals surface area contributed by atoms with Crippen molar-refractivity contribution in [1.82, 2.24) is 24.4 Å². The number of alkyl halides is 2. The lowest BCUT2D eigenvalue weighted by Crippen LogP contribution is -2.36. The average Bonchev–Trinajstić information content (AvgIpc) is 2.89. The lowest BCUT2D eigenvalue weighted by molar-refractivity contribution is 0.0219. The molecule has 0 bridgehead atoms. The molecule has 4 rings (SSSR count). The first-order valence-electron chi connectivity index (χ1n) is 13.6. The molecule has 2 heterocycles. The van der Waals surface area contributed by atoms with Crippen molar-refractivity contribution in [2.45, 2.75) is 76.9 Å². The number of hydrogen-bond donors (Lipinski definition) is 2. The molecule has 0 radical (unpaired) electrons. The fourth-order valence-electron chi connectivity index (χ4n) is 4.99. The van der Waals surface area contributed by atoms with Crippen LogP contribution in [0.3, 0.4) is 0 Å². The van der Waals surface area contributed by atoms with Gasteiger partial charge in [-0.1, -0.05) is 13.0 Å². The van der Waals surface area contributed by atoms with Crippen molar-refractivity contribution in [3.63, 3.8) is 0 Å². The second kappa shape index (κ2) is 13.1. The van der Waals surface area contributed by atoms with Gasteiger partial charge in [0.05, 0.1) is 11.9 Å². The highest BCUT2D eigenvalue weighted by Crippen LogP contribution is 2.27. The van der Waals surface area contributed by atoms with Crippen LogP contribution in [-0.2, 0) is 10.0 Å². The summed E-state index contributed by atoms with van der Waals surface area (Å²) in [7, 11) is -0.361. The maximum atomic E-state index is 14.9. The number of hydrogen-bond acceptors (Lipinski definition) is 8. The molecule has 0 unspecified atom stereocenters. The van der Waals surface area contributed by atoms with E-state index >= 15 is 0 Å². The number of nitrogens with zero attached hydrogens (tertiary/aromatic N) is 5. The second-order valence-corrected chi connectivity index (χ2v) is 12.7. The minimum absolute atomic E-state index is 0. The molecule has 2 aromatic heterocycles. The number of anilines is 2. The molecule has 1 aliphatic rings. The average molecular weight is 632 g/mol. The topological polar surface area (TPSA) is 122 Å². The molecule has 2 N–H and O–H groups in total. The van der Waals surface area contributed by atoms with E-state index in [9.17, 15) is 26.4 Å². The van der Waals surface area contributed by atoms with Gasteiger partial charge >= 0.3 is 0 Å². The zero-order valence-electron chi connectivity index (χ0n) is 24.2. The molecule has 0 atom stereocenters. The first kappa shape index (κ1) is 33.5. The lowest BCUT2D eigenvalue weighted by Gasteiger charge is -2.32. The SMILES string of the molecule is CCC(F)(F)CS(=O)(=O)Nc1ccc(-c2nc3cnc(N[C@H]4CC[C@H](N(C)C)CC4)nc3n(C(C)C)c2=O)cc1F.Cl. The zero-order valence-corrected chi connectivity index (χ0v) is 25.8. The van der Waals surface area contributed by atoms with Gasteiger partial charge < -0.3 is 10.2 Å². The first-order valence-corrected chi connectivity index (χ1v) is 15.3. The molecule has 1 saturated carbocycles. The molecule has 15 heteroatoms. The number of sulfonamides is 1. The lowest BCUT2D eigenvalue weighted by atomic mass is 9.91. The van der Waals surface area contributed by atoms with Crippen LogP contribution in [0.4, 0.5) is 24.8 Å². The number of fused-ring (bicyclic) bond motifs is 1. The van der Waals surface area contributed by atoms with Gasteiger partial charge in [0, 0.05) is 30.1 Å². The van der Waals surface area contributed by atoms with Crippen molar-refractivity contribution >= 4 is 45.2 Å². The van der Waals surface area contributed by atoms with Gasteiger partial charge in [-0.3, -0.25) is 14.1 Å². The highest BCUT2D eigenvalue weighted by Gasteiger charge is 2.34. The Kier molecular flexibility index (Phi) is 10.5. The quantitative estimate of drug-likeness (QED) is 0.318. The highest BCUT2D eigenvalue weighted by molar-refractivity contribution is 7.92. The maximum Gasteiger partial charge on any atom is 0.278 e. The van der Waals surface area contributed by atoms with Gasteiger partial charge in [-0.05, 0) is 65.8 Å². The summed E-state index contributed by atoms with van der Waals surface area (Å²) in [5, 5.41) is 3.38. The normalized spacial score (nSPS) is 17.9. The second-order valence-electron chi connectivity index (χ2n) is 11.0. The van der Waals surface area contributed by atoms with Crippen LogP contribution in [0.25, 0.3) is 22.4 Å². The maximum absolute atomic E-state index is 14.9. The van der Waals surface area contributed by atoms with Gasteiger partial charge in [0.1, 0.15) is 22.8 Å². The molecule has 42 heavy (non-hydrogen) atoms. The highest BCUT2D eigenvalue weighted by atomic mass is 35.5. The number of benzene rings is 1. The molecule has 1 aromatic carbocycles. The Hall–Kier alpha value is -2.97. The van der Waals surface area contributed by atoms with Gasteiger partial charge in [0.25, 0.3) is 11.5 Å². The van der Waals surface area contributed by atoms with E-state index in [1.54, 1.807) is 0 Å². The third kappa shape index (κ3) is 7.70. The van der Waals surface area contributed by atoms with Crippen molar-refractivity contribution in [2.24, 2.45) is 0 Å². The van der Waals surface area contributed by atoms with E-state index < -0.39 is 45.2 Å². The fourth-order valence-corrected chi connectivity index (χ4v) is 6.32. The predicted octanol–water partition coefficient (Wildman–Crippen LogP) is 5.07. The van der Waals surface area contributed by atoms with Crippen LogP contribution in [0, 0.1) is 5.82 Å². The van der Waals surface area contributed by atoms with E-state index in [4.69, 9.17) is 0 Å². The van der Waals surface area contributed by atoms with Crippen molar-refractivity contribution < 1.29 is 21.6 Å². The predicted molar refractivity (Wildman–Crippen MR) is 161 cm³/mol. The van der Waals surface area contributed by atoms with E-state index in [1.165, 1.54) is 16.8 Å². The zero-order chi connectivity index (χ0) is 30.1. The van der Waals surface area contributed by atoms with Crippen LogP contribution in [-0.4, -0.2) is 70.7 Å². The van der Waals surface area contributed by atoms with Crippen LogP contribution in [0.15, 0.2) is 29.2 Å². The largest absolute Gasteiger partial charge is 0.351 e. The Balaban J connectivity index is 0.00000484. The van der Waals surface area contributed by atoms with Gasteiger partial charge in [-0.25, -0.2) is 31.6 Å². The number of aromatic nitrogens is 4. The minimum Gasteiger partial charge on any atom is -0.351 e. The summed E-state index contributed by atoms with van der Waals surface area (Å²) in [5.74, 6) is -5.58. The molecule has 1 fully saturated rings. The molecule has 232 valence electrons. The number of rotatable bonds is 10. The Morgan fingerprint density at radius 3 is 2.38 bits per heavy atom. The Bertz CT molecular complexity index is 1580. The summed E-state index contributed by atoms with van der Waals surface area (Å²) in [4.78, 5) is 29.2. The number of halogens is 4. The molecular weight excluding hydrogens is 595 g/mol. The monoisotopic (exact) mass is 631 g/mol. The van der Waals surface area contributed by atoms with Crippen LogP contribution in [0.2, 0.25) is 0 Å². The van der Waals surface area contributed by atoms with Gasteiger partial charge in [-0.2, -0.15) is 4.98 Å². The van der Waals surface area contributed by atoms with Gasteiger partial charge in [0.2, 0.25) is 16.0 Å². The molecule has 1 aliphatic carbocycles. The smallest absolute Gasteiger partial charge is 0.278 e. The van der Waals surface area contributed by atoms with E-state index in [2.05, 4.69) is 39.3 Å². The molecule has 3 aromatic rings. The van der Waals surface area contributed by atoms with E-state index in [0.717, 1.165) is 44.7 Å². The van der Waals surface area contributed by atoms with Crippen molar-refractivity contribution in [1.29, 1.82) is 0 Å². The molecule has 10 nitrogen and oxygen atoms in total. The summed E-state index contributed by atoms with van der Waals surface area (Å²) in [5.41, 5.74) is -0.367. The third-order valence-corrected chi connectivity index (χ3v) is 8.67. The Morgan fingerprint density at radius 1 is 1.14 bits per heavy atom. The first-order chi connectivity index (χ1) is 19.2. The van der Waals surface area contributed by atoms with Crippen molar-refractivity contribution in [2.75, 3.05) is 29.9 Å². The van der Waals surface area contributed by atoms with Crippen LogP contribution in [0.5, 0.6) is 0 Å². The summed E-state index contributed by atoms with van der Waals surface area (Å²) in [6, 6.07) is 3.76. The van der Waals surface area contributed by atoms with Crippen LogP contribution in [0.1, 0.15) is 58.9 Å². The minimum atomic E-state index is -4.53. The summed E-state index contributed by atoms with van der Waals surface area (Å²) >= 11 is 0. The van der Waals surface area contributed by atoms with E-state index in [1.807, 2.05) is 18.6 Å². The van der Waals surface area contributed by atoms with Crippen LogP contribution >= 0.6 is 12.4 Å². The molecule has 0 saturated heterocycles. The van der Waals surface area contributed by atoms with Gasteiger partial charge in [0.15, 0.2) is 5.65 Å². The van der Waals surface area contributed by atoms with Crippen molar-refractivity contribution in [3.05, 3.63) is 40.6 Å². The third-order valence-electron chi connectivity index (χ3n) is 7.33. The van der Waals surface area contributed by atoms with Gasteiger partial charge in [-0.15, -0.1) is 12.4 Å². The Morgan fingerprint density at radius 2 is 1.81 bits per heavy atom. The molecule has 0 spiro atoms. The van der Waals surface area contributed by atoms with E-state index in [0.29, 0.717) is 23.2 Å². The summed E-state index contributed by atoms with van der Waals surface area (Å²) in [6.45, 7) is 4.78. The van der Waals surface area contributed by atoms with Crippen molar-refractivity contribution in [3.8, 4) is 11.3 Å². The number of nitrogens with one attached hydrogen (secondary N) is 2. The molecular formula is C27H37ClF3N7O3S. The van der Waals surface area contributed by atoms with Crippen LogP contribution < -0.4 is 15.6 Å². The fraction of sp³-hybridized carbons (Fsp3) is 0.556. The molecule has 0 aliphatic heterocycles. The standard InChI is InChI=1S/C27H36F3N7O3S.ClH/c1-6-27(29,30)15-41(39,40)35-21-12-7-17(13-20(21)28)23-25(38)37(16(2)3)24-22(33-23)14-31-26(34-24)32-18-8-10-19(11-9-18)36(4)5;/h7,12-14,16,18-19,35H,6,8-11,15H2,1-5H3,(H,31,32,34);1H/t18-,19-;. The Labute approximate surface area is 249 Å². The summed E-state index contributed by atoms with van der Waals surface area (Å²) in [6.07, 6.45) is 4.88. The summed E-state index contributed by atoms with van der Waals surface area (Å²) < 4.78 is 69.8. The van der Waals surface area contributed by atoms with E-state index in [-0.39, 0.29) is 35.7 Å².